The first kappa shape index (κ1) is 33.1. The van der Waals surface area contributed by atoms with Gasteiger partial charge in [0.1, 0.15) is 17.5 Å². The number of para-hydroxylation sites is 1. The number of amides is 1. The van der Waals surface area contributed by atoms with E-state index in [1.165, 1.54) is 6.08 Å². The van der Waals surface area contributed by atoms with Crippen molar-refractivity contribution in [2.24, 2.45) is 5.73 Å². The highest BCUT2D eigenvalue weighted by Gasteiger charge is 2.21. The number of halogens is 1. The minimum Gasteiger partial charge on any atom is -0.480 e. The number of rotatable bonds is 10. The van der Waals surface area contributed by atoms with Gasteiger partial charge in [0.15, 0.2) is 0 Å². The molecule has 1 amide bonds. The van der Waals surface area contributed by atoms with Gasteiger partial charge in [-0.15, -0.1) is 12.4 Å². The largest absolute Gasteiger partial charge is 0.480 e. The summed E-state index contributed by atoms with van der Waals surface area (Å²) < 4.78 is 5.79. The van der Waals surface area contributed by atoms with Gasteiger partial charge in [-0.25, -0.2) is 9.59 Å². The Morgan fingerprint density at radius 3 is 2.05 bits per heavy atom. The molecule has 0 fully saturated rings. The van der Waals surface area contributed by atoms with E-state index in [9.17, 15) is 19.5 Å². The maximum atomic E-state index is 12.4. The summed E-state index contributed by atoms with van der Waals surface area (Å²) in [4.78, 5) is 34.2. The topological polar surface area (TPSA) is 165 Å². The van der Waals surface area contributed by atoms with E-state index in [4.69, 9.17) is 21.3 Å². The third-order valence-corrected chi connectivity index (χ3v) is 5.73. The fourth-order valence-corrected chi connectivity index (χ4v) is 3.60. The molecule has 0 spiro atoms. The van der Waals surface area contributed by atoms with Crippen molar-refractivity contribution in [1.29, 1.82) is 0 Å². The van der Waals surface area contributed by atoms with Gasteiger partial charge in [-0.3, -0.25) is 4.79 Å². The molecular formula is C32H32ClN3O6. The van der Waals surface area contributed by atoms with Crippen molar-refractivity contribution in [2.75, 3.05) is 5.73 Å². The highest BCUT2D eigenvalue weighted by atomic mass is 35.5. The smallest absolute Gasteiger partial charge is 0.328 e. The van der Waals surface area contributed by atoms with Gasteiger partial charge < -0.3 is 31.7 Å². The number of carbonyl (C=O) groups is 3. The van der Waals surface area contributed by atoms with Crippen LogP contribution in [0.3, 0.4) is 0 Å². The summed E-state index contributed by atoms with van der Waals surface area (Å²) in [6.45, 7) is 0.376. The van der Waals surface area contributed by atoms with E-state index in [-0.39, 0.29) is 18.8 Å². The maximum Gasteiger partial charge on any atom is 0.328 e. The van der Waals surface area contributed by atoms with E-state index < -0.39 is 23.9 Å². The molecule has 0 bridgehead atoms. The van der Waals surface area contributed by atoms with Gasteiger partial charge in [0, 0.05) is 30.3 Å². The zero-order valence-corrected chi connectivity index (χ0v) is 23.4. The summed E-state index contributed by atoms with van der Waals surface area (Å²) in [5, 5.41) is 20.4. The van der Waals surface area contributed by atoms with Gasteiger partial charge in [0.25, 0.3) is 5.91 Å². The lowest BCUT2D eigenvalue weighted by Gasteiger charge is -2.15. The van der Waals surface area contributed by atoms with Crippen LogP contribution in [0, 0.1) is 0 Å². The minimum absolute atomic E-state index is 0. The molecule has 218 valence electrons. The lowest BCUT2D eigenvalue weighted by Crippen LogP contribution is -2.42. The molecule has 0 aliphatic rings. The predicted octanol–water partition coefficient (Wildman–Crippen LogP) is 5.15. The monoisotopic (exact) mass is 589 g/mol. The molecule has 0 unspecified atom stereocenters. The van der Waals surface area contributed by atoms with Gasteiger partial charge in [0.2, 0.25) is 0 Å². The number of aliphatic carboxylic acids is 2. The van der Waals surface area contributed by atoms with Gasteiger partial charge >= 0.3 is 11.9 Å². The van der Waals surface area contributed by atoms with Crippen molar-refractivity contribution in [3.8, 4) is 11.5 Å². The van der Waals surface area contributed by atoms with Gasteiger partial charge in [0.05, 0.1) is 0 Å². The Morgan fingerprint density at radius 1 is 0.810 bits per heavy atom. The van der Waals surface area contributed by atoms with Crippen LogP contribution in [0.25, 0.3) is 6.08 Å². The number of hydrogen-bond donors (Lipinski definition) is 5. The second-order valence-corrected chi connectivity index (χ2v) is 8.87. The number of carboxylic acid groups (broad SMARTS) is 2. The Labute approximate surface area is 249 Å². The Kier molecular flexibility index (Phi) is 13.3. The molecule has 0 aliphatic heterocycles. The molecule has 42 heavy (non-hydrogen) atoms. The quantitative estimate of drug-likeness (QED) is 0.125. The third-order valence-electron chi connectivity index (χ3n) is 5.73. The van der Waals surface area contributed by atoms with E-state index in [1.807, 2.05) is 30.3 Å². The Balaban J connectivity index is 0.000000399. The van der Waals surface area contributed by atoms with Gasteiger partial charge in [-0.2, -0.15) is 0 Å². The zero-order valence-electron chi connectivity index (χ0n) is 22.6. The van der Waals surface area contributed by atoms with E-state index in [1.54, 1.807) is 72.8 Å². The summed E-state index contributed by atoms with van der Waals surface area (Å²) in [6.07, 6.45) is 2.74. The Morgan fingerprint density at radius 2 is 1.45 bits per heavy atom. The molecule has 1 atom stereocenters. The first-order valence-corrected chi connectivity index (χ1v) is 12.6. The van der Waals surface area contributed by atoms with Crippen LogP contribution < -0.4 is 21.5 Å². The Hall–Kier alpha value is -5.12. The van der Waals surface area contributed by atoms with Crippen LogP contribution in [-0.4, -0.2) is 34.1 Å². The number of nitrogen functional groups attached to an aromatic ring is 1. The van der Waals surface area contributed by atoms with Crippen LogP contribution in [-0.2, 0) is 22.6 Å². The van der Waals surface area contributed by atoms with Crippen molar-refractivity contribution >= 4 is 42.0 Å². The number of anilines is 1. The third kappa shape index (κ3) is 11.2. The number of ether oxygens (including phenoxy) is 1. The summed E-state index contributed by atoms with van der Waals surface area (Å²) in [5.41, 5.74) is 14.5. The van der Waals surface area contributed by atoms with Crippen LogP contribution in [0.15, 0.2) is 109 Å². The highest BCUT2D eigenvalue weighted by Crippen LogP contribution is 2.22. The van der Waals surface area contributed by atoms with E-state index in [0.29, 0.717) is 29.3 Å². The van der Waals surface area contributed by atoms with Crippen LogP contribution in [0.1, 0.15) is 27.0 Å². The van der Waals surface area contributed by atoms with Gasteiger partial charge in [-0.05, 0) is 71.3 Å². The summed E-state index contributed by atoms with van der Waals surface area (Å²) in [7, 11) is 0. The van der Waals surface area contributed by atoms with Crippen LogP contribution in [0.2, 0.25) is 0 Å². The van der Waals surface area contributed by atoms with Crippen LogP contribution in [0.4, 0.5) is 5.69 Å². The predicted molar refractivity (Wildman–Crippen MR) is 165 cm³/mol. The molecule has 0 saturated carbocycles. The molecule has 7 N–H and O–H groups in total. The molecule has 0 saturated heterocycles. The Bertz CT molecular complexity index is 1480. The molecule has 0 aromatic heterocycles. The number of hydrogen-bond acceptors (Lipinski definition) is 6. The lowest BCUT2D eigenvalue weighted by molar-refractivity contribution is -0.139. The van der Waals surface area contributed by atoms with Crippen molar-refractivity contribution in [1.82, 2.24) is 5.32 Å². The maximum absolute atomic E-state index is 12.4. The molecular weight excluding hydrogens is 558 g/mol. The van der Waals surface area contributed by atoms with Crippen molar-refractivity contribution < 1.29 is 29.3 Å². The first-order valence-electron chi connectivity index (χ1n) is 12.6. The summed E-state index contributed by atoms with van der Waals surface area (Å²) in [5.74, 6) is -1.22. The standard InChI is InChI=1S/C23H22N2O4.C9H9NO2.ClH/c24-15-16-9-11-18(12-10-16)22(26)25-21(23(27)28)14-17-5-4-8-20(13-17)29-19-6-2-1-3-7-19;10-8-4-1-7(2-5-8)3-6-9(11)12;/h1-13,21H,14-15,24H2,(H,25,26)(H,27,28);1-6H,10H2,(H,11,12);1H/b;6-3+;/t21-;;/m0../s1. The SMILES string of the molecule is Cl.NCc1ccc(C(=O)N[C@@H](Cc2cccc(Oc3ccccc3)c2)C(=O)O)cc1.Nc1ccc(/C=C/C(=O)O)cc1. The number of benzene rings is 4. The zero-order chi connectivity index (χ0) is 29.6. The average Bonchev–Trinajstić information content (AvgIpc) is 2.97. The molecule has 9 nitrogen and oxygen atoms in total. The van der Waals surface area contributed by atoms with Crippen LogP contribution in [0.5, 0.6) is 11.5 Å². The van der Waals surface area contributed by atoms with E-state index in [2.05, 4.69) is 5.32 Å². The number of carbonyl (C=O) groups excluding carboxylic acids is 1. The second-order valence-electron chi connectivity index (χ2n) is 8.87. The molecule has 4 rings (SSSR count). The minimum atomic E-state index is -1.11. The number of nitrogens with two attached hydrogens (primary N) is 2. The van der Waals surface area contributed by atoms with Crippen molar-refractivity contribution in [3.05, 3.63) is 131 Å². The first-order chi connectivity index (χ1) is 19.7. The lowest BCUT2D eigenvalue weighted by atomic mass is 10.0. The summed E-state index contributed by atoms with van der Waals surface area (Å²) >= 11 is 0. The van der Waals surface area contributed by atoms with Crippen molar-refractivity contribution in [3.63, 3.8) is 0 Å². The van der Waals surface area contributed by atoms with Crippen molar-refractivity contribution in [2.45, 2.75) is 19.0 Å². The highest BCUT2D eigenvalue weighted by molar-refractivity contribution is 5.96. The number of carboxylic acids is 2. The average molecular weight is 590 g/mol. The van der Waals surface area contributed by atoms with Gasteiger partial charge in [-0.1, -0.05) is 54.6 Å². The van der Waals surface area contributed by atoms with Crippen LogP contribution >= 0.6 is 12.4 Å². The molecule has 4 aromatic carbocycles. The normalized spacial score (nSPS) is 10.9. The fraction of sp³-hybridized carbons (Fsp3) is 0.0938. The molecule has 0 heterocycles. The van der Waals surface area contributed by atoms with E-state index >= 15 is 0 Å². The number of nitrogens with one attached hydrogen (secondary N) is 1. The fourth-order valence-electron chi connectivity index (χ4n) is 3.60. The molecule has 0 radical (unpaired) electrons. The molecule has 4 aromatic rings. The second kappa shape index (κ2) is 16.9. The van der Waals surface area contributed by atoms with E-state index in [0.717, 1.165) is 22.8 Å². The molecule has 0 aliphatic carbocycles. The molecule has 10 heteroatoms. The summed E-state index contributed by atoms with van der Waals surface area (Å²) in [6, 6.07) is 29.1.